The number of benzene rings is 2. The van der Waals surface area contributed by atoms with Crippen LogP contribution in [0.1, 0.15) is 44.7 Å². The minimum absolute atomic E-state index is 0.00709. The third kappa shape index (κ3) is 11.3. The molecule has 39 heavy (non-hydrogen) atoms. The first-order chi connectivity index (χ1) is 18.2. The average molecular weight is 566 g/mol. The molecule has 0 aliphatic heterocycles. The smallest absolute Gasteiger partial charge is 0.408 e. The number of carboxylic acid groups (broad SMARTS) is 2. The summed E-state index contributed by atoms with van der Waals surface area (Å²) in [6.45, 7) is 6.56. The van der Waals surface area contributed by atoms with Crippen LogP contribution in [0, 0.1) is 12.8 Å². The Balaban J connectivity index is 1.86. The predicted molar refractivity (Wildman–Crippen MR) is 141 cm³/mol. The van der Waals surface area contributed by atoms with Gasteiger partial charge in [-0.15, -0.1) is 0 Å². The summed E-state index contributed by atoms with van der Waals surface area (Å²) in [7, 11) is -3.89. The fourth-order valence-corrected chi connectivity index (χ4v) is 4.36. The molecule has 0 radical (unpaired) electrons. The molecular formula is C27H35NO10S. The second-order valence-electron chi connectivity index (χ2n) is 9.94. The lowest BCUT2D eigenvalue weighted by Gasteiger charge is -2.22. The SMILES string of the molecule is Cc1ccc(S(=O)(=O)OCCOc2ccc(CC(CC[C@@H](NC(=O)OC(C)(C)C)C(=O)O)C(=O)O)cc2)cc1. The lowest BCUT2D eigenvalue weighted by atomic mass is 9.93. The number of carbonyl (C=O) groups excluding carboxylic acids is 1. The fourth-order valence-electron chi connectivity index (χ4n) is 3.47. The lowest BCUT2D eigenvalue weighted by Crippen LogP contribution is -2.43. The van der Waals surface area contributed by atoms with Crippen LogP contribution in [-0.4, -0.2) is 61.5 Å². The highest BCUT2D eigenvalue weighted by Gasteiger charge is 2.27. The number of carboxylic acids is 2. The normalized spacial score (nSPS) is 13.2. The van der Waals surface area contributed by atoms with Crippen molar-refractivity contribution in [3.05, 3.63) is 59.7 Å². The molecule has 1 unspecified atom stereocenters. The summed E-state index contributed by atoms with van der Waals surface area (Å²) in [5, 5.41) is 21.3. The molecule has 214 valence electrons. The van der Waals surface area contributed by atoms with Crippen molar-refractivity contribution in [1.82, 2.24) is 5.32 Å². The maximum atomic E-state index is 12.2. The summed E-state index contributed by atoms with van der Waals surface area (Å²) < 4.78 is 40.0. The zero-order valence-electron chi connectivity index (χ0n) is 22.4. The van der Waals surface area contributed by atoms with E-state index in [1.807, 2.05) is 6.92 Å². The van der Waals surface area contributed by atoms with Crippen LogP contribution in [0.15, 0.2) is 53.4 Å². The summed E-state index contributed by atoms with van der Waals surface area (Å²) >= 11 is 0. The Morgan fingerprint density at radius 2 is 1.51 bits per heavy atom. The van der Waals surface area contributed by atoms with Gasteiger partial charge >= 0.3 is 18.0 Å². The maximum Gasteiger partial charge on any atom is 0.408 e. The molecule has 3 N–H and O–H groups in total. The largest absolute Gasteiger partial charge is 0.491 e. The molecule has 0 aromatic heterocycles. The number of alkyl carbamates (subject to hydrolysis) is 1. The molecule has 0 saturated heterocycles. The van der Waals surface area contributed by atoms with E-state index in [1.54, 1.807) is 57.2 Å². The zero-order chi connectivity index (χ0) is 29.2. The molecule has 2 rings (SSSR count). The van der Waals surface area contributed by atoms with Gasteiger partial charge in [0.05, 0.1) is 10.8 Å². The predicted octanol–water partition coefficient (Wildman–Crippen LogP) is 3.78. The van der Waals surface area contributed by atoms with Gasteiger partial charge in [0.15, 0.2) is 0 Å². The lowest BCUT2D eigenvalue weighted by molar-refractivity contribution is -0.143. The van der Waals surface area contributed by atoms with Gasteiger partial charge in [-0.05, 0) is 76.8 Å². The van der Waals surface area contributed by atoms with E-state index in [9.17, 15) is 33.0 Å². The molecular weight excluding hydrogens is 530 g/mol. The van der Waals surface area contributed by atoms with Crippen LogP contribution in [0.3, 0.4) is 0 Å². The molecule has 0 heterocycles. The third-order valence-electron chi connectivity index (χ3n) is 5.45. The maximum absolute atomic E-state index is 12.2. The topological polar surface area (TPSA) is 166 Å². The van der Waals surface area contributed by atoms with E-state index in [0.29, 0.717) is 11.3 Å². The van der Waals surface area contributed by atoms with Crippen LogP contribution in [0.5, 0.6) is 5.75 Å². The first-order valence-electron chi connectivity index (χ1n) is 12.3. The molecule has 0 aliphatic rings. The van der Waals surface area contributed by atoms with E-state index in [4.69, 9.17) is 13.7 Å². The van der Waals surface area contributed by atoms with Gasteiger partial charge in [0.1, 0.15) is 30.6 Å². The van der Waals surface area contributed by atoms with Crippen LogP contribution >= 0.6 is 0 Å². The summed E-state index contributed by atoms with van der Waals surface area (Å²) in [4.78, 5) is 35.3. The summed E-state index contributed by atoms with van der Waals surface area (Å²) in [5.41, 5.74) is 0.800. The number of rotatable bonds is 14. The highest BCUT2D eigenvalue weighted by atomic mass is 32.2. The van der Waals surface area contributed by atoms with Crippen molar-refractivity contribution in [3.63, 3.8) is 0 Å². The van der Waals surface area contributed by atoms with Crippen molar-refractivity contribution < 1.29 is 46.7 Å². The van der Waals surface area contributed by atoms with E-state index >= 15 is 0 Å². The van der Waals surface area contributed by atoms with Crippen LogP contribution < -0.4 is 10.1 Å². The van der Waals surface area contributed by atoms with Crippen molar-refractivity contribution in [3.8, 4) is 5.75 Å². The molecule has 2 aromatic rings. The molecule has 0 fully saturated rings. The van der Waals surface area contributed by atoms with E-state index in [-0.39, 0.29) is 37.4 Å². The van der Waals surface area contributed by atoms with Crippen LogP contribution in [-0.2, 0) is 35.0 Å². The summed E-state index contributed by atoms with van der Waals surface area (Å²) in [6, 6.07) is 11.6. The molecule has 12 heteroatoms. The van der Waals surface area contributed by atoms with Gasteiger partial charge in [0.2, 0.25) is 0 Å². The molecule has 1 amide bonds. The Kier molecular flexibility index (Phi) is 11.3. The molecule has 0 bridgehead atoms. The number of ether oxygens (including phenoxy) is 2. The number of hydrogen-bond donors (Lipinski definition) is 3. The second-order valence-corrected chi connectivity index (χ2v) is 11.6. The minimum Gasteiger partial charge on any atom is -0.491 e. The van der Waals surface area contributed by atoms with Crippen LogP contribution in [0.4, 0.5) is 4.79 Å². The number of amides is 1. The monoisotopic (exact) mass is 565 g/mol. The van der Waals surface area contributed by atoms with E-state index < -0.39 is 45.7 Å². The van der Waals surface area contributed by atoms with Crippen LogP contribution in [0.2, 0.25) is 0 Å². The second kappa shape index (κ2) is 13.9. The molecule has 0 aliphatic carbocycles. The Hall–Kier alpha value is -3.64. The molecule has 2 atom stereocenters. The van der Waals surface area contributed by atoms with Crippen molar-refractivity contribution in [2.75, 3.05) is 13.2 Å². The van der Waals surface area contributed by atoms with E-state index in [1.165, 1.54) is 12.1 Å². The molecule has 11 nitrogen and oxygen atoms in total. The highest BCUT2D eigenvalue weighted by molar-refractivity contribution is 7.86. The van der Waals surface area contributed by atoms with Crippen molar-refractivity contribution >= 4 is 28.1 Å². The van der Waals surface area contributed by atoms with Crippen molar-refractivity contribution in [2.45, 2.75) is 63.5 Å². The van der Waals surface area contributed by atoms with Gasteiger partial charge in [-0.1, -0.05) is 29.8 Å². The molecule has 2 aromatic carbocycles. The van der Waals surface area contributed by atoms with E-state index in [0.717, 1.165) is 5.56 Å². The Bertz CT molecular complexity index is 1220. The van der Waals surface area contributed by atoms with Gasteiger partial charge in [-0.2, -0.15) is 8.42 Å². The number of aryl methyl sites for hydroxylation is 1. The third-order valence-corrected chi connectivity index (χ3v) is 6.77. The molecule has 0 saturated carbocycles. The van der Waals surface area contributed by atoms with Gasteiger partial charge in [-0.3, -0.25) is 8.98 Å². The Morgan fingerprint density at radius 1 is 0.897 bits per heavy atom. The summed E-state index contributed by atoms with van der Waals surface area (Å²) in [5.74, 6) is -2.83. The first-order valence-corrected chi connectivity index (χ1v) is 13.7. The average Bonchev–Trinajstić information content (AvgIpc) is 2.83. The Labute approximate surface area is 228 Å². The summed E-state index contributed by atoms with van der Waals surface area (Å²) in [6.07, 6.45) is -0.854. The van der Waals surface area contributed by atoms with Crippen molar-refractivity contribution in [1.29, 1.82) is 0 Å². The van der Waals surface area contributed by atoms with Crippen LogP contribution in [0.25, 0.3) is 0 Å². The first kappa shape index (κ1) is 31.6. The number of aliphatic carboxylic acids is 2. The van der Waals surface area contributed by atoms with E-state index in [2.05, 4.69) is 5.32 Å². The quantitative estimate of drug-likeness (QED) is 0.227. The van der Waals surface area contributed by atoms with Gasteiger partial charge in [0, 0.05) is 0 Å². The number of nitrogens with one attached hydrogen (secondary N) is 1. The number of hydrogen-bond acceptors (Lipinski definition) is 8. The van der Waals surface area contributed by atoms with Gasteiger partial charge in [-0.25, -0.2) is 9.59 Å². The van der Waals surface area contributed by atoms with Crippen molar-refractivity contribution in [2.24, 2.45) is 5.92 Å². The highest BCUT2D eigenvalue weighted by Crippen LogP contribution is 2.20. The molecule has 0 spiro atoms. The standard InChI is InChI=1S/C27H35NO10S/c1-18-5-12-22(13-6-18)39(34,35)37-16-15-36-21-10-7-19(8-11-21)17-20(24(29)30)9-14-23(25(31)32)28-26(33)38-27(2,3)4/h5-8,10-13,20,23H,9,14-17H2,1-4H3,(H,28,33)(H,29,30)(H,31,32)/t20?,23-/m1/s1. The zero-order valence-corrected chi connectivity index (χ0v) is 23.2. The van der Waals surface area contributed by atoms with Gasteiger partial charge < -0.3 is 25.0 Å². The Morgan fingerprint density at radius 3 is 2.05 bits per heavy atom. The number of carbonyl (C=O) groups is 3. The fraction of sp³-hybridized carbons (Fsp3) is 0.444. The van der Waals surface area contributed by atoms with Gasteiger partial charge in [0.25, 0.3) is 10.1 Å². The minimum atomic E-state index is -3.89.